The van der Waals surface area contributed by atoms with E-state index in [-0.39, 0.29) is 34.4 Å². The number of hydrogen-bond donors (Lipinski definition) is 3. The van der Waals surface area contributed by atoms with Crippen molar-refractivity contribution >= 4 is 33.5 Å². The molecule has 1 aliphatic rings. The zero-order valence-corrected chi connectivity index (χ0v) is 11.7. The second-order valence-electron chi connectivity index (χ2n) is 4.27. The number of amides is 1. The lowest BCUT2D eigenvalue weighted by atomic mass is 10.2. The number of rotatable bonds is 4. The van der Waals surface area contributed by atoms with E-state index in [0.29, 0.717) is 0 Å². The van der Waals surface area contributed by atoms with Crippen LogP contribution in [0, 0.1) is 0 Å². The third-order valence-electron chi connectivity index (χ3n) is 2.78. The normalized spacial score (nSPS) is 18.9. The maximum absolute atomic E-state index is 12.1. The number of hydrogen-bond acceptors (Lipinski definition) is 4. The van der Waals surface area contributed by atoms with Crippen LogP contribution in [0.15, 0.2) is 23.1 Å². The van der Waals surface area contributed by atoms with Crippen LogP contribution >= 0.6 is 11.6 Å². The Morgan fingerprint density at radius 1 is 1.45 bits per heavy atom. The molecule has 0 saturated carbocycles. The minimum absolute atomic E-state index is 0.0471. The molecule has 3 N–H and O–H groups in total. The van der Waals surface area contributed by atoms with Crippen LogP contribution in [0.25, 0.3) is 0 Å². The van der Waals surface area contributed by atoms with Crippen molar-refractivity contribution in [2.45, 2.75) is 17.4 Å². The summed E-state index contributed by atoms with van der Waals surface area (Å²) < 4.78 is 26.5. The van der Waals surface area contributed by atoms with Crippen LogP contribution in [0.4, 0.5) is 0 Å². The Bertz CT molecular complexity index is 673. The predicted octanol–water partition coefficient (Wildman–Crippen LogP) is 0.205. The number of carbonyl (C=O) groups is 2. The van der Waals surface area contributed by atoms with Gasteiger partial charge in [-0.05, 0) is 18.2 Å². The van der Waals surface area contributed by atoms with Crippen molar-refractivity contribution in [3.05, 3.63) is 28.8 Å². The highest BCUT2D eigenvalue weighted by Crippen LogP contribution is 2.21. The molecular weight excluding hydrogens is 308 g/mol. The van der Waals surface area contributed by atoms with Gasteiger partial charge in [0.2, 0.25) is 15.9 Å². The fourth-order valence-electron chi connectivity index (χ4n) is 1.81. The van der Waals surface area contributed by atoms with Crippen molar-refractivity contribution in [3.63, 3.8) is 0 Å². The summed E-state index contributed by atoms with van der Waals surface area (Å²) in [4.78, 5) is 21.7. The molecular formula is C11H11ClN2O5S. The Morgan fingerprint density at radius 2 is 2.15 bits per heavy atom. The van der Waals surface area contributed by atoms with E-state index in [4.69, 9.17) is 16.7 Å². The number of halogens is 1. The molecule has 0 aromatic heterocycles. The summed E-state index contributed by atoms with van der Waals surface area (Å²) in [6.45, 7) is 0.206. The zero-order chi connectivity index (χ0) is 14.9. The second-order valence-corrected chi connectivity index (χ2v) is 6.39. The molecule has 1 amide bonds. The molecule has 1 aromatic carbocycles. The third kappa shape index (κ3) is 3.09. The molecule has 7 nitrogen and oxygen atoms in total. The zero-order valence-electron chi connectivity index (χ0n) is 10.1. The Labute approximate surface area is 120 Å². The number of sulfonamides is 1. The fraction of sp³-hybridized carbons (Fsp3) is 0.273. The van der Waals surface area contributed by atoms with Gasteiger partial charge < -0.3 is 10.4 Å². The Morgan fingerprint density at radius 3 is 2.70 bits per heavy atom. The number of carboxylic acid groups (broad SMARTS) is 1. The quantitative estimate of drug-likeness (QED) is 0.734. The van der Waals surface area contributed by atoms with Crippen molar-refractivity contribution in [3.8, 4) is 0 Å². The molecule has 1 aliphatic heterocycles. The number of carbonyl (C=O) groups excluding carboxylic acids is 1. The van der Waals surface area contributed by atoms with Crippen LogP contribution in [0.1, 0.15) is 16.8 Å². The molecule has 0 aliphatic carbocycles. The largest absolute Gasteiger partial charge is 0.478 e. The van der Waals surface area contributed by atoms with Crippen LogP contribution in [0.3, 0.4) is 0 Å². The molecule has 2 rings (SSSR count). The lowest BCUT2D eigenvalue weighted by Crippen LogP contribution is -2.36. The van der Waals surface area contributed by atoms with Gasteiger partial charge in [-0.15, -0.1) is 0 Å². The van der Waals surface area contributed by atoms with E-state index in [2.05, 4.69) is 10.0 Å². The first-order valence-corrected chi connectivity index (χ1v) is 7.47. The Balaban J connectivity index is 2.27. The van der Waals surface area contributed by atoms with E-state index in [1.165, 1.54) is 12.1 Å². The molecule has 20 heavy (non-hydrogen) atoms. The SMILES string of the molecule is O=C1CC(NS(=O)(=O)c2ccc(Cl)c(C(=O)O)c2)CN1. The van der Waals surface area contributed by atoms with Crippen LogP contribution in [0.5, 0.6) is 0 Å². The summed E-state index contributed by atoms with van der Waals surface area (Å²) in [5.74, 6) is -1.55. The molecule has 1 fully saturated rings. The minimum Gasteiger partial charge on any atom is -0.478 e. The van der Waals surface area contributed by atoms with E-state index in [1.54, 1.807) is 0 Å². The molecule has 0 bridgehead atoms. The molecule has 1 saturated heterocycles. The second kappa shape index (κ2) is 5.39. The summed E-state index contributed by atoms with van der Waals surface area (Å²) in [7, 11) is -3.90. The van der Waals surface area contributed by atoms with E-state index >= 15 is 0 Å². The summed E-state index contributed by atoms with van der Waals surface area (Å²) in [6, 6.07) is 2.85. The smallest absolute Gasteiger partial charge is 0.337 e. The lowest BCUT2D eigenvalue weighted by molar-refractivity contribution is -0.119. The summed E-state index contributed by atoms with van der Waals surface area (Å²) in [5, 5.41) is 11.4. The first-order valence-electron chi connectivity index (χ1n) is 5.61. The molecule has 108 valence electrons. The van der Waals surface area contributed by atoms with Gasteiger partial charge in [-0.1, -0.05) is 11.6 Å². The average Bonchev–Trinajstić information content (AvgIpc) is 2.73. The molecule has 0 radical (unpaired) electrons. The highest BCUT2D eigenvalue weighted by molar-refractivity contribution is 7.89. The standard InChI is InChI=1S/C11H11ClN2O5S/c12-9-2-1-7(4-8(9)11(16)17)20(18,19)14-6-3-10(15)13-5-6/h1-2,4,6,14H,3,5H2,(H,13,15)(H,16,17). The van der Waals surface area contributed by atoms with Gasteiger partial charge in [0.15, 0.2) is 0 Å². The Kier molecular flexibility index (Phi) is 3.98. The first-order chi connectivity index (χ1) is 9.29. The van der Waals surface area contributed by atoms with Crippen LogP contribution in [-0.2, 0) is 14.8 Å². The average molecular weight is 319 g/mol. The highest BCUT2D eigenvalue weighted by Gasteiger charge is 2.27. The molecule has 0 spiro atoms. The van der Waals surface area contributed by atoms with Crippen LogP contribution in [0.2, 0.25) is 5.02 Å². The van der Waals surface area contributed by atoms with Crippen molar-refractivity contribution < 1.29 is 23.1 Å². The van der Waals surface area contributed by atoms with Crippen LogP contribution < -0.4 is 10.0 Å². The van der Waals surface area contributed by atoms with Crippen molar-refractivity contribution in [1.82, 2.24) is 10.0 Å². The Hall–Kier alpha value is -1.64. The summed E-state index contributed by atoms with van der Waals surface area (Å²) in [5.41, 5.74) is -0.296. The van der Waals surface area contributed by atoms with Gasteiger partial charge in [0.1, 0.15) is 0 Å². The van der Waals surface area contributed by atoms with E-state index in [9.17, 15) is 18.0 Å². The minimum atomic E-state index is -3.90. The molecule has 9 heteroatoms. The van der Waals surface area contributed by atoms with Gasteiger partial charge >= 0.3 is 5.97 Å². The van der Waals surface area contributed by atoms with E-state index in [0.717, 1.165) is 6.07 Å². The van der Waals surface area contributed by atoms with E-state index < -0.39 is 22.0 Å². The van der Waals surface area contributed by atoms with Gasteiger partial charge in [-0.25, -0.2) is 17.9 Å². The molecule has 1 aromatic rings. The van der Waals surface area contributed by atoms with Crippen molar-refractivity contribution in [1.29, 1.82) is 0 Å². The highest BCUT2D eigenvalue weighted by atomic mass is 35.5. The number of aromatic carboxylic acids is 1. The predicted molar refractivity (Wildman–Crippen MR) is 70.1 cm³/mol. The van der Waals surface area contributed by atoms with Gasteiger partial charge in [0.25, 0.3) is 0 Å². The first kappa shape index (κ1) is 14.8. The van der Waals surface area contributed by atoms with Gasteiger partial charge in [0, 0.05) is 19.0 Å². The summed E-state index contributed by atoms with van der Waals surface area (Å²) in [6.07, 6.45) is 0.0542. The van der Waals surface area contributed by atoms with Crippen molar-refractivity contribution in [2.75, 3.05) is 6.54 Å². The van der Waals surface area contributed by atoms with Gasteiger partial charge in [-0.2, -0.15) is 0 Å². The number of benzene rings is 1. The maximum atomic E-state index is 12.1. The molecule has 1 atom stereocenters. The van der Waals surface area contributed by atoms with Crippen LogP contribution in [-0.4, -0.2) is 38.0 Å². The van der Waals surface area contributed by atoms with Gasteiger partial charge in [-0.3, -0.25) is 4.79 Å². The van der Waals surface area contributed by atoms with Gasteiger partial charge in [0.05, 0.1) is 15.5 Å². The molecule has 1 heterocycles. The topological polar surface area (TPSA) is 113 Å². The summed E-state index contributed by atoms with van der Waals surface area (Å²) >= 11 is 5.68. The number of carboxylic acids is 1. The number of nitrogens with one attached hydrogen (secondary N) is 2. The van der Waals surface area contributed by atoms with Crippen molar-refractivity contribution in [2.24, 2.45) is 0 Å². The molecule has 1 unspecified atom stereocenters. The monoisotopic (exact) mass is 318 g/mol. The fourth-order valence-corrected chi connectivity index (χ4v) is 3.27. The maximum Gasteiger partial charge on any atom is 0.337 e. The lowest BCUT2D eigenvalue weighted by Gasteiger charge is -2.12. The third-order valence-corrected chi connectivity index (χ3v) is 4.63. The van der Waals surface area contributed by atoms with E-state index in [1.807, 2.05) is 0 Å².